The van der Waals surface area contributed by atoms with E-state index in [1.54, 1.807) is 78.9 Å². The average Bonchev–Trinajstić information content (AvgIpc) is 3.53. The molecule has 2 aliphatic heterocycles. The maximum absolute atomic E-state index is 14.9. The molecular formula is C33H31N3O8S2. The average molecular weight is 662 g/mol. The zero-order valence-electron chi connectivity index (χ0n) is 25.3. The first-order valence-electron chi connectivity index (χ1n) is 14.4. The number of rotatable bonds is 9. The van der Waals surface area contributed by atoms with Crippen LogP contribution in [0.15, 0.2) is 78.9 Å². The van der Waals surface area contributed by atoms with Crippen LogP contribution in [0.3, 0.4) is 0 Å². The van der Waals surface area contributed by atoms with Crippen LogP contribution in [0.2, 0.25) is 0 Å². The van der Waals surface area contributed by atoms with E-state index in [1.807, 2.05) is 6.92 Å². The summed E-state index contributed by atoms with van der Waals surface area (Å²) in [6.07, 6.45) is -0.0458. The molecule has 0 N–H and O–H groups in total. The number of ether oxygens (including phenoxy) is 4. The molecule has 5 rings (SSSR count). The van der Waals surface area contributed by atoms with Crippen molar-refractivity contribution < 1.29 is 38.1 Å². The van der Waals surface area contributed by atoms with Gasteiger partial charge in [0.15, 0.2) is 21.2 Å². The molecule has 11 nitrogen and oxygen atoms in total. The molecule has 0 saturated carbocycles. The summed E-state index contributed by atoms with van der Waals surface area (Å²) in [6, 6.07) is 23.1. The van der Waals surface area contributed by atoms with Crippen molar-refractivity contribution in [3.05, 3.63) is 84.4 Å². The quantitative estimate of drug-likeness (QED) is 0.225. The van der Waals surface area contributed by atoms with Crippen molar-refractivity contribution in [2.75, 3.05) is 13.8 Å². The minimum atomic E-state index is -1.91. The topological polar surface area (TPSA) is 135 Å². The van der Waals surface area contributed by atoms with E-state index in [0.29, 0.717) is 47.0 Å². The maximum atomic E-state index is 14.9. The Kier molecular flexibility index (Phi) is 9.79. The summed E-state index contributed by atoms with van der Waals surface area (Å²) >= 11 is 1.08. The molecule has 0 aliphatic carbocycles. The molecule has 2 aliphatic rings. The molecule has 1 saturated heterocycles. The van der Waals surface area contributed by atoms with Crippen molar-refractivity contribution in [1.29, 1.82) is 5.26 Å². The van der Waals surface area contributed by atoms with Crippen LogP contribution in [-0.4, -0.2) is 55.8 Å². The van der Waals surface area contributed by atoms with Gasteiger partial charge in [0, 0.05) is 19.9 Å². The fourth-order valence-corrected chi connectivity index (χ4v) is 7.41. The molecule has 3 aromatic carbocycles. The molecule has 1 fully saturated rings. The Morgan fingerprint density at radius 3 is 2.09 bits per heavy atom. The maximum Gasteiger partial charge on any atom is 0.375 e. The second-order valence-corrected chi connectivity index (χ2v) is 13.1. The number of hydrogen-bond acceptors (Lipinski definition) is 11. The predicted octanol–water partition coefficient (Wildman–Crippen LogP) is 6.75. The van der Waals surface area contributed by atoms with Crippen molar-refractivity contribution in [1.82, 2.24) is 9.80 Å². The number of fused-ring (bicyclic) bond motifs is 1. The third-order valence-electron chi connectivity index (χ3n) is 7.76. The monoisotopic (exact) mass is 661 g/mol. The molecule has 0 spiro atoms. The molecule has 238 valence electrons. The van der Waals surface area contributed by atoms with Gasteiger partial charge in [-0.15, -0.1) is 0 Å². The zero-order chi connectivity index (χ0) is 32.9. The van der Waals surface area contributed by atoms with E-state index in [2.05, 4.69) is 6.07 Å². The van der Waals surface area contributed by atoms with E-state index in [1.165, 1.54) is 18.9 Å². The normalized spacial score (nSPS) is 21.0. The van der Waals surface area contributed by atoms with Crippen LogP contribution in [0.4, 0.5) is 9.59 Å². The standard InChI is InChI=1S/C33H31N3O8S2/c1-4-25(22-16-17-26-27(20-22)42-21-41-26)36-28(37)32(2,45-30(39)43-23-12-7-5-8-13-23)35(3)29(38)33(36,18-11-19-34)46-31(40)44-24-14-9-6-10-15-24/h5-10,12-17,20,25H,4,11,18,21H2,1-3H3/t25?,32-,33-/m0/s1. The summed E-state index contributed by atoms with van der Waals surface area (Å²) in [5.41, 5.74) is 0.607. The molecule has 1 unspecified atom stereocenters. The lowest BCUT2D eigenvalue weighted by molar-refractivity contribution is -0.167. The minimum Gasteiger partial charge on any atom is -0.454 e. The van der Waals surface area contributed by atoms with Crippen LogP contribution in [0, 0.1) is 11.3 Å². The summed E-state index contributed by atoms with van der Waals surface area (Å²) in [5, 5.41) is 8.02. The van der Waals surface area contributed by atoms with Gasteiger partial charge in [-0.25, -0.2) is 9.59 Å². The molecule has 0 bridgehead atoms. The molecule has 3 atom stereocenters. The summed E-state index contributed by atoms with van der Waals surface area (Å²) in [6.45, 7) is 3.33. The van der Waals surface area contributed by atoms with Crippen LogP contribution in [-0.2, 0) is 9.59 Å². The smallest absolute Gasteiger partial charge is 0.375 e. The van der Waals surface area contributed by atoms with Gasteiger partial charge in [-0.1, -0.05) is 49.4 Å². The van der Waals surface area contributed by atoms with E-state index in [4.69, 9.17) is 18.9 Å². The van der Waals surface area contributed by atoms with E-state index < -0.39 is 38.2 Å². The summed E-state index contributed by atoms with van der Waals surface area (Å²) in [5.74, 6) is 0.223. The molecule has 2 amide bonds. The second-order valence-electron chi connectivity index (χ2n) is 10.5. The molecule has 0 aromatic heterocycles. The summed E-state index contributed by atoms with van der Waals surface area (Å²) in [4.78, 5) is 55.1. The van der Waals surface area contributed by atoms with Crippen LogP contribution >= 0.6 is 23.5 Å². The molecular weight excluding hydrogens is 631 g/mol. The predicted molar refractivity (Wildman–Crippen MR) is 171 cm³/mol. The SMILES string of the molecule is CCC(c1ccc2c(c1)OCO2)N1C(=O)[C@](C)(SC(=O)Oc2ccccc2)N(C)C(=O)[C@]1(CCC#N)SC(=O)Oc1ccccc1. The van der Waals surface area contributed by atoms with Crippen LogP contribution < -0.4 is 18.9 Å². The van der Waals surface area contributed by atoms with Gasteiger partial charge < -0.3 is 28.7 Å². The third kappa shape index (κ3) is 6.36. The Labute approximate surface area is 274 Å². The Morgan fingerprint density at radius 1 is 0.913 bits per heavy atom. The van der Waals surface area contributed by atoms with Crippen molar-refractivity contribution in [3.63, 3.8) is 0 Å². The first-order valence-corrected chi connectivity index (χ1v) is 16.1. The van der Waals surface area contributed by atoms with Crippen molar-refractivity contribution in [2.24, 2.45) is 0 Å². The van der Waals surface area contributed by atoms with Crippen molar-refractivity contribution in [2.45, 2.75) is 48.9 Å². The summed E-state index contributed by atoms with van der Waals surface area (Å²) < 4.78 is 22.1. The fourth-order valence-electron chi connectivity index (χ4n) is 5.39. The Hall–Kier alpha value is -4.67. The number of para-hydroxylation sites is 2. The number of hydrogen-bond donors (Lipinski definition) is 0. The van der Waals surface area contributed by atoms with Gasteiger partial charge >= 0.3 is 10.6 Å². The van der Waals surface area contributed by atoms with Gasteiger partial charge in [-0.3, -0.25) is 9.59 Å². The molecule has 0 radical (unpaired) electrons. The van der Waals surface area contributed by atoms with Crippen molar-refractivity contribution in [3.8, 4) is 29.1 Å². The van der Waals surface area contributed by atoms with E-state index >= 15 is 0 Å². The highest BCUT2D eigenvalue weighted by Gasteiger charge is 2.64. The number of carbonyl (C=O) groups excluding carboxylic acids is 4. The van der Waals surface area contributed by atoms with Gasteiger partial charge in [-0.2, -0.15) is 5.26 Å². The minimum absolute atomic E-state index is 0.0347. The lowest BCUT2D eigenvalue weighted by Crippen LogP contribution is -2.73. The molecule has 3 aromatic rings. The number of piperazine rings is 1. The van der Waals surface area contributed by atoms with Crippen molar-refractivity contribution >= 4 is 45.9 Å². The number of nitrogens with zero attached hydrogens (tertiary/aromatic N) is 3. The summed E-state index contributed by atoms with van der Waals surface area (Å²) in [7, 11) is 1.39. The number of benzene rings is 3. The first-order chi connectivity index (χ1) is 22.1. The van der Waals surface area contributed by atoms with E-state index in [-0.39, 0.29) is 31.1 Å². The number of likely N-dealkylation sites (N-methyl/N-ethyl adjacent to an activating group) is 1. The van der Waals surface area contributed by atoms with Gasteiger partial charge in [0.2, 0.25) is 6.79 Å². The van der Waals surface area contributed by atoms with E-state index in [9.17, 15) is 24.4 Å². The number of carbonyl (C=O) groups is 4. The number of nitriles is 1. The van der Waals surface area contributed by atoms with Gasteiger partial charge in [-0.05, 0) is 78.8 Å². The molecule has 46 heavy (non-hydrogen) atoms. The third-order valence-corrected chi connectivity index (χ3v) is 10.0. The number of amides is 2. The molecule has 13 heteroatoms. The Bertz CT molecular complexity index is 1670. The Balaban J connectivity index is 1.60. The van der Waals surface area contributed by atoms with Gasteiger partial charge in [0.1, 0.15) is 11.5 Å². The van der Waals surface area contributed by atoms with Gasteiger partial charge in [0.05, 0.1) is 12.1 Å². The first kappa shape index (κ1) is 32.7. The highest BCUT2D eigenvalue weighted by atomic mass is 32.2. The van der Waals surface area contributed by atoms with Crippen LogP contribution in [0.5, 0.6) is 23.0 Å². The molecule has 2 heterocycles. The zero-order valence-corrected chi connectivity index (χ0v) is 27.0. The second kappa shape index (κ2) is 13.8. The van der Waals surface area contributed by atoms with Crippen LogP contribution in [0.25, 0.3) is 0 Å². The largest absolute Gasteiger partial charge is 0.454 e. The highest BCUT2D eigenvalue weighted by Crippen LogP contribution is 2.52. The Morgan fingerprint density at radius 2 is 1.50 bits per heavy atom. The lowest BCUT2D eigenvalue weighted by atomic mass is 9.93. The lowest BCUT2D eigenvalue weighted by Gasteiger charge is -2.55. The highest BCUT2D eigenvalue weighted by molar-refractivity contribution is 8.15. The number of thioether (sulfide) groups is 2. The van der Waals surface area contributed by atoms with Crippen LogP contribution in [0.1, 0.15) is 44.7 Å². The van der Waals surface area contributed by atoms with E-state index in [0.717, 1.165) is 4.90 Å². The van der Waals surface area contributed by atoms with Gasteiger partial charge in [0.25, 0.3) is 11.8 Å². The fraction of sp³-hybridized carbons (Fsp3) is 0.303.